The van der Waals surface area contributed by atoms with E-state index in [1.807, 2.05) is 0 Å². The highest BCUT2D eigenvalue weighted by atomic mass is 16.4. The molecule has 1 aromatic carbocycles. The molecule has 2 N–H and O–H groups in total. The number of aromatic hydroxyl groups is 1. The molecule has 0 aliphatic rings. The lowest BCUT2D eigenvalue weighted by atomic mass is 10.2. The molecular weight excluding hydrogens is 196 g/mol. The molecule has 78 valence electrons. The Balaban J connectivity index is 2.79. The minimum absolute atomic E-state index is 0.0735. The number of aliphatic carboxylic acids is 1. The van der Waals surface area contributed by atoms with E-state index in [4.69, 9.17) is 5.11 Å². The molecule has 15 heavy (non-hydrogen) atoms. The molecule has 0 fully saturated rings. The number of para-hydroxylation sites is 1. The van der Waals surface area contributed by atoms with Crippen LogP contribution in [0.3, 0.4) is 0 Å². The second kappa shape index (κ2) is 4.90. The van der Waals surface area contributed by atoms with E-state index in [0.29, 0.717) is 5.56 Å². The van der Waals surface area contributed by atoms with Gasteiger partial charge in [-0.2, -0.15) is 5.10 Å². The molecule has 0 saturated heterocycles. The van der Waals surface area contributed by atoms with Gasteiger partial charge in [0.1, 0.15) is 11.5 Å². The zero-order valence-corrected chi connectivity index (χ0v) is 8.08. The third-order valence-electron chi connectivity index (χ3n) is 1.65. The van der Waals surface area contributed by atoms with Gasteiger partial charge in [0.25, 0.3) is 0 Å². The average molecular weight is 206 g/mol. The Morgan fingerprint density at radius 1 is 1.40 bits per heavy atom. The Kier molecular flexibility index (Phi) is 3.56. The minimum Gasteiger partial charge on any atom is -0.507 e. The van der Waals surface area contributed by atoms with E-state index in [-0.39, 0.29) is 11.5 Å². The second-order valence-corrected chi connectivity index (χ2v) is 2.79. The molecular formula is C10H10N2O3. The van der Waals surface area contributed by atoms with Crippen molar-refractivity contribution in [2.75, 3.05) is 0 Å². The molecule has 0 radical (unpaired) electrons. The van der Waals surface area contributed by atoms with Gasteiger partial charge < -0.3 is 10.2 Å². The number of hydrogen-bond acceptors (Lipinski definition) is 4. The molecule has 1 rings (SSSR count). The van der Waals surface area contributed by atoms with E-state index in [1.54, 1.807) is 18.2 Å². The summed E-state index contributed by atoms with van der Waals surface area (Å²) in [7, 11) is 0. The lowest BCUT2D eigenvalue weighted by Gasteiger charge is -1.94. The second-order valence-electron chi connectivity index (χ2n) is 2.79. The first-order valence-corrected chi connectivity index (χ1v) is 4.20. The van der Waals surface area contributed by atoms with E-state index in [0.717, 1.165) is 0 Å². The number of benzene rings is 1. The number of carbonyl (C=O) groups is 1. The smallest absolute Gasteiger partial charge is 0.351 e. The van der Waals surface area contributed by atoms with Gasteiger partial charge in [-0.1, -0.05) is 12.1 Å². The van der Waals surface area contributed by atoms with Crippen molar-refractivity contribution in [3.05, 3.63) is 29.8 Å². The summed E-state index contributed by atoms with van der Waals surface area (Å²) in [4.78, 5) is 10.4. The summed E-state index contributed by atoms with van der Waals surface area (Å²) in [5, 5.41) is 24.8. The highest BCUT2D eigenvalue weighted by Gasteiger charge is 1.99. The van der Waals surface area contributed by atoms with Crippen LogP contribution in [-0.2, 0) is 4.79 Å². The number of nitrogens with zero attached hydrogens (tertiary/aromatic N) is 2. The van der Waals surface area contributed by atoms with Gasteiger partial charge in [0.15, 0.2) is 0 Å². The van der Waals surface area contributed by atoms with Crippen LogP contribution in [0.4, 0.5) is 0 Å². The number of carboxylic acid groups (broad SMARTS) is 1. The molecule has 0 aromatic heterocycles. The summed E-state index contributed by atoms with van der Waals surface area (Å²) < 4.78 is 0. The van der Waals surface area contributed by atoms with Gasteiger partial charge in [-0.25, -0.2) is 4.79 Å². The van der Waals surface area contributed by atoms with Crippen molar-refractivity contribution < 1.29 is 15.0 Å². The molecule has 5 nitrogen and oxygen atoms in total. The monoisotopic (exact) mass is 206 g/mol. The molecule has 0 atom stereocenters. The SMILES string of the molecule is C/C(=N\N=C\c1ccccc1O)C(=O)O. The van der Waals surface area contributed by atoms with Crippen LogP contribution in [0.2, 0.25) is 0 Å². The zero-order chi connectivity index (χ0) is 11.3. The fourth-order valence-corrected chi connectivity index (χ4v) is 0.817. The standard InChI is InChI=1S/C10H10N2O3/c1-7(10(14)15)12-11-6-8-4-2-3-5-9(8)13/h2-6,13H,1H3,(H,14,15)/b11-6+,12-7+. The highest BCUT2D eigenvalue weighted by Crippen LogP contribution is 2.12. The van der Waals surface area contributed by atoms with E-state index in [2.05, 4.69) is 10.2 Å². The van der Waals surface area contributed by atoms with Crippen molar-refractivity contribution in [1.82, 2.24) is 0 Å². The van der Waals surface area contributed by atoms with Crippen LogP contribution >= 0.6 is 0 Å². The van der Waals surface area contributed by atoms with Crippen LogP contribution in [-0.4, -0.2) is 28.1 Å². The normalized spacial score (nSPS) is 11.9. The van der Waals surface area contributed by atoms with Gasteiger partial charge in [0.2, 0.25) is 0 Å². The Morgan fingerprint density at radius 3 is 2.67 bits per heavy atom. The number of hydrogen-bond donors (Lipinski definition) is 2. The molecule has 0 heterocycles. The predicted octanol–water partition coefficient (Wildman–Crippen LogP) is 1.27. The van der Waals surface area contributed by atoms with Gasteiger partial charge >= 0.3 is 5.97 Å². The van der Waals surface area contributed by atoms with Gasteiger partial charge in [0.05, 0.1) is 6.21 Å². The van der Waals surface area contributed by atoms with Crippen LogP contribution < -0.4 is 0 Å². The largest absolute Gasteiger partial charge is 0.507 e. The topological polar surface area (TPSA) is 82.2 Å². The number of phenols is 1. The van der Waals surface area contributed by atoms with Crippen LogP contribution in [0, 0.1) is 0 Å². The number of phenolic OH excluding ortho intramolecular Hbond substituents is 1. The Labute approximate surface area is 86.4 Å². The van der Waals surface area contributed by atoms with E-state index in [9.17, 15) is 9.90 Å². The van der Waals surface area contributed by atoms with Crippen LogP contribution in [0.1, 0.15) is 12.5 Å². The molecule has 0 aliphatic carbocycles. The van der Waals surface area contributed by atoms with E-state index < -0.39 is 5.97 Å². The van der Waals surface area contributed by atoms with Gasteiger partial charge in [-0.05, 0) is 19.1 Å². The lowest BCUT2D eigenvalue weighted by molar-refractivity contribution is -0.129. The first-order valence-electron chi connectivity index (χ1n) is 4.20. The van der Waals surface area contributed by atoms with Crippen LogP contribution in [0.15, 0.2) is 34.5 Å². The average Bonchev–Trinajstić information content (AvgIpc) is 2.20. The summed E-state index contributed by atoms with van der Waals surface area (Å²) in [5.74, 6) is -1.05. The third kappa shape index (κ3) is 3.22. The molecule has 0 aliphatic heterocycles. The first kappa shape index (κ1) is 10.9. The van der Waals surface area contributed by atoms with Gasteiger partial charge in [-0.3, -0.25) is 0 Å². The molecule has 1 aromatic rings. The molecule has 5 heteroatoms. The van der Waals surface area contributed by atoms with Crippen molar-refractivity contribution in [3.8, 4) is 5.75 Å². The predicted molar refractivity (Wildman–Crippen MR) is 56.4 cm³/mol. The summed E-state index contributed by atoms with van der Waals surface area (Å²) in [6, 6.07) is 6.56. The highest BCUT2D eigenvalue weighted by molar-refractivity contribution is 6.34. The quantitative estimate of drug-likeness (QED) is 0.577. The van der Waals surface area contributed by atoms with Crippen LogP contribution in [0.25, 0.3) is 0 Å². The van der Waals surface area contributed by atoms with Gasteiger partial charge in [0, 0.05) is 5.56 Å². The third-order valence-corrected chi connectivity index (χ3v) is 1.65. The molecule has 0 saturated carbocycles. The summed E-state index contributed by atoms with van der Waals surface area (Å²) in [5.41, 5.74) is 0.376. The maximum Gasteiger partial charge on any atom is 0.351 e. The molecule has 0 bridgehead atoms. The van der Waals surface area contributed by atoms with Crippen molar-refractivity contribution in [3.63, 3.8) is 0 Å². The summed E-state index contributed by atoms with van der Waals surface area (Å²) >= 11 is 0. The van der Waals surface area contributed by atoms with Gasteiger partial charge in [-0.15, -0.1) is 5.10 Å². The number of rotatable bonds is 3. The maximum absolute atomic E-state index is 10.4. The van der Waals surface area contributed by atoms with E-state index in [1.165, 1.54) is 19.2 Å². The fourth-order valence-electron chi connectivity index (χ4n) is 0.817. The first-order chi connectivity index (χ1) is 7.11. The van der Waals surface area contributed by atoms with Crippen molar-refractivity contribution >= 4 is 17.9 Å². The van der Waals surface area contributed by atoms with Crippen molar-refractivity contribution in [2.24, 2.45) is 10.2 Å². The Hall–Kier alpha value is -2.17. The van der Waals surface area contributed by atoms with E-state index >= 15 is 0 Å². The molecule has 0 spiro atoms. The van der Waals surface area contributed by atoms with Crippen molar-refractivity contribution in [2.45, 2.75) is 6.92 Å². The summed E-state index contributed by atoms with van der Waals surface area (Å²) in [6.07, 6.45) is 1.29. The maximum atomic E-state index is 10.4. The fraction of sp³-hybridized carbons (Fsp3) is 0.100. The molecule has 0 unspecified atom stereocenters. The minimum atomic E-state index is -1.12. The zero-order valence-electron chi connectivity index (χ0n) is 8.08. The van der Waals surface area contributed by atoms with Crippen molar-refractivity contribution in [1.29, 1.82) is 0 Å². The Morgan fingerprint density at radius 2 is 2.07 bits per heavy atom. The van der Waals surface area contributed by atoms with Crippen LogP contribution in [0.5, 0.6) is 5.75 Å². The number of carboxylic acids is 1. The lowest BCUT2D eigenvalue weighted by Crippen LogP contribution is -2.06. The Bertz CT molecular complexity index is 424. The molecule has 0 amide bonds. The summed E-state index contributed by atoms with van der Waals surface area (Å²) in [6.45, 7) is 1.34.